The summed E-state index contributed by atoms with van der Waals surface area (Å²) in [7, 11) is -3.77. The summed E-state index contributed by atoms with van der Waals surface area (Å²) in [6, 6.07) is 92.8. The largest absolute Gasteiger partial charge is 0.218 e. The number of hydrogen-bond donors (Lipinski definition) is 0. The summed E-state index contributed by atoms with van der Waals surface area (Å²) in [5.74, 6) is 0. The average Bonchev–Trinajstić information content (AvgIpc) is 4.34. The van der Waals surface area contributed by atoms with E-state index in [9.17, 15) is 8.42 Å². The van der Waals surface area contributed by atoms with Crippen molar-refractivity contribution >= 4 is 27.2 Å². The first-order valence-electron chi connectivity index (χ1n) is 27.4. The standard InChI is InChI=1S/C75H48O2S2/c76-79(77)71-31-15-11-27-65(71)75(66-28-12-16-32-72(66)79)62-24-8-4-20-56(62)58-44-38-50(46-68(58)75)48-35-41-52(42-36-48)73(59-21-5-1-17-53(59)54-18-2-6-22-60(54)73)51-39-33-47(34-40-51)49-37-43-57-55-19-3-7-23-61(55)74(67(57)45-49)63-25-9-13-29-69(63)78-70-30-14-10-26-64(70)74/h1-6,8-22,24-46H,7,23H2. The summed E-state index contributed by atoms with van der Waals surface area (Å²) in [5.41, 5.74) is 24.7. The summed E-state index contributed by atoms with van der Waals surface area (Å²) in [6.45, 7) is 0. The van der Waals surface area contributed by atoms with E-state index in [1.54, 1.807) is 12.1 Å². The molecule has 0 saturated heterocycles. The second-order valence-corrected chi connectivity index (χ2v) is 25.0. The molecule has 4 aliphatic carbocycles. The van der Waals surface area contributed by atoms with Crippen molar-refractivity contribution < 1.29 is 8.42 Å². The number of rotatable bonds is 4. The fourth-order valence-electron chi connectivity index (χ4n) is 15.5. The van der Waals surface area contributed by atoms with Crippen LogP contribution in [-0.2, 0) is 26.1 Å². The Hall–Kier alpha value is -8.80. The summed E-state index contributed by atoms with van der Waals surface area (Å²) in [4.78, 5) is 3.41. The molecule has 2 nitrogen and oxygen atoms in total. The van der Waals surface area contributed by atoms with Crippen molar-refractivity contribution in [3.8, 4) is 44.5 Å². The molecule has 0 N–H and O–H groups in total. The van der Waals surface area contributed by atoms with Crippen molar-refractivity contribution in [3.05, 3.63) is 339 Å². The Labute approximate surface area is 465 Å². The predicted octanol–water partition coefficient (Wildman–Crippen LogP) is 17.8. The van der Waals surface area contributed by atoms with Crippen molar-refractivity contribution in [1.29, 1.82) is 0 Å². The molecule has 2 aliphatic heterocycles. The highest BCUT2D eigenvalue weighted by molar-refractivity contribution is 7.99. The Kier molecular flexibility index (Phi) is 9.38. The Morgan fingerprint density at radius 2 is 0.722 bits per heavy atom. The van der Waals surface area contributed by atoms with Crippen LogP contribution in [0.25, 0.3) is 50.1 Å². The van der Waals surface area contributed by atoms with Gasteiger partial charge in [-0.1, -0.05) is 242 Å². The lowest BCUT2D eigenvalue weighted by Gasteiger charge is -2.41. The monoisotopic (exact) mass is 1040 g/mol. The molecule has 0 fully saturated rings. The zero-order chi connectivity index (χ0) is 52.2. The maximum atomic E-state index is 14.4. The Balaban J connectivity index is 0.809. The van der Waals surface area contributed by atoms with E-state index < -0.39 is 20.7 Å². The number of hydrogen-bond acceptors (Lipinski definition) is 3. The molecule has 11 aromatic carbocycles. The first-order chi connectivity index (χ1) is 38.9. The lowest BCUT2D eigenvalue weighted by molar-refractivity contribution is 0.580. The quantitative estimate of drug-likeness (QED) is 0.176. The highest BCUT2D eigenvalue weighted by atomic mass is 32.2. The molecule has 0 unspecified atom stereocenters. The number of benzene rings is 11. The van der Waals surface area contributed by atoms with Crippen molar-refractivity contribution in [1.82, 2.24) is 0 Å². The molecular formula is C75H48O2S2. The average molecular weight is 1050 g/mol. The van der Waals surface area contributed by atoms with Gasteiger partial charge in [-0.3, -0.25) is 0 Å². The summed E-state index contributed by atoms with van der Waals surface area (Å²) in [5, 5.41) is 0. The molecule has 2 spiro atoms. The van der Waals surface area contributed by atoms with E-state index in [1.807, 2.05) is 48.2 Å². The van der Waals surface area contributed by atoms with Gasteiger partial charge in [0.2, 0.25) is 9.84 Å². The second kappa shape index (κ2) is 16.4. The number of fused-ring (bicyclic) bond motifs is 20. The normalized spacial score (nSPS) is 16.9. The van der Waals surface area contributed by atoms with Crippen LogP contribution in [0, 0.1) is 0 Å². The van der Waals surface area contributed by atoms with Crippen LogP contribution in [-0.4, -0.2) is 8.42 Å². The molecule has 11 aromatic rings. The van der Waals surface area contributed by atoms with Gasteiger partial charge in [0.25, 0.3) is 0 Å². The molecule has 372 valence electrons. The van der Waals surface area contributed by atoms with E-state index in [4.69, 9.17) is 0 Å². The van der Waals surface area contributed by atoms with Crippen molar-refractivity contribution in [2.24, 2.45) is 0 Å². The summed E-state index contributed by atoms with van der Waals surface area (Å²) < 4.78 is 28.9. The van der Waals surface area contributed by atoms with E-state index in [2.05, 4.69) is 218 Å². The van der Waals surface area contributed by atoms with Crippen LogP contribution in [0.15, 0.2) is 292 Å². The highest BCUT2D eigenvalue weighted by Gasteiger charge is 2.54. The Morgan fingerprint density at radius 1 is 0.329 bits per heavy atom. The summed E-state index contributed by atoms with van der Waals surface area (Å²) >= 11 is 1.90. The zero-order valence-electron chi connectivity index (χ0n) is 43.0. The van der Waals surface area contributed by atoms with Gasteiger partial charge in [-0.2, -0.15) is 0 Å². The van der Waals surface area contributed by atoms with Gasteiger partial charge in [-0.25, -0.2) is 8.42 Å². The van der Waals surface area contributed by atoms with Crippen LogP contribution < -0.4 is 0 Å². The van der Waals surface area contributed by atoms with Gasteiger partial charge in [0.15, 0.2) is 0 Å². The lowest BCUT2D eigenvalue weighted by Crippen LogP contribution is -2.35. The third-order valence-corrected chi connectivity index (χ3v) is 21.6. The number of allylic oxidation sites excluding steroid dienone is 4. The summed E-state index contributed by atoms with van der Waals surface area (Å²) in [6.07, 6.45) is 6.83. The maximum absolute atomic E-state index is 14.4. The molecule has 0 aromatic heterocycles. The minimum atomic E-state index is -3.77. The third kappa shape index (κ3) is 5.75. The van der Waals surface area contributed by atoms with E-state index >= 15 is 0 Å². The van der Waals surface area contributed by atoms with Crippen LogP contribution >= 0.6 is 11.8 Å². The van der Waals surface area contributed by atoms with Crippen LogP contribution in [0.1, 0.15) is 79.6 Å². The van der Waals surface area contributed by atoms with E-state index in [-0.39, 0.29) is 5.41 Å². The smallest absolute Gasteiger partial charge is 0.207 e. The van der Waals surface area contributed by atoms with Crippen LogP contribution in [0.2, 0.25) is 0 Å². The van der Waals surface area contributed by atoms with Gasteiger partial charge in [-0.15, -0.1) is 0 Å². The van der Waals surface area contributed by atoms with E-state index in [0.29, 0.717) is 9.79 Å². The molecule has 0 atom stereocenters. The molecule has 2 heterocycles. The maximum Gasteiger partial charge on any atom is 0.207 e. The van der Waals surface area contributed by atoms with Crippen LogP contribution in [0.4, 0.5) is 0 Å². The predicted molar refractivity (Wildman–Crippen MR) is 320 cm³/mol. The molecule has 4 heteroatoms. The minimum Gasteiger partial charge on any atom is -0.218 e. The van der Waals surface area contributed by atoms with E-state index in [0.717, 1.165) is 57.3 Å². The molecule has 79 heavy (non-hydrogen) atoms. The fourth-order valence-corrected chi connectivity index (χ4v) is 18.5. The Bertz CT molecular complexity index is 4510. The third-order valence-electron chi connectivity index (χ3n) is 18.6. The molecule has 0 bridgehead atoms. The van der Waals surface area contributed by atoms with Gasteiger partial charge in [-0.05, 0) is 172 Å². The molecule has 6 aliphatic rings. The van der Waals surface area contributed by atoms with E-state index in [1.165, 1.54) is 87.7 Å². The first kappa shape index (κ1) is 45.2. The molecule has 0 saturated carbocycles. The first-order valence-corrected chi connectivity index (χ1v) is 29.7. The van der Waals surface area contributed by atoms with Gasteiger partial charge in [0.1, 0.15) is 0 Å². The van der Waals surface area contributed by atoms with Gasteiger partial charge >= 0.3 is 0 Å². The second-order valence-electron chi connectivity index (χ2n) is 22.0. The highest BCUT2D eigenvalue weighted by Crippen LogP contribution is 2.65. The van der Waals surface area contributed by atoms with Crippen molar-refractivity contribution in [2.45, 2.75) is 48.7 Å². The van der Waals surface area contributed by atoms with Gasteiger partial charge in [0.05, 0.1) is 26.0 Å². The lowest BCUT2D eigenvalue weighted by atomic mass is 9.65. The number of sulfone groups is 1. The van der Waals surface area contributed by atoms with Gasteiger partial charge in [0, 0.05) is 9.79 Å². The SMILES string of the molecule is O=S1(=O)c2ccccc2C2(c3ccccc3-c3ccc(-c4ccc(C5(c6ccc(-c7ccc8c(c7)C7(C9=C8C=CCC9)c8ccccc8Sc8ccccc87)cc6)c6ccccc6-c6ccccc65)cc4)cc32)c2ccccc21. The molecule has 0 amide bonds. The fraction of sp³-hybridized carbons (Fsp3) is 0.0667. The van der Waals surface area contributed by atoms with Crippen LogP contribution in [0.3, 0.4) is 0 Å². The van der Waals surface area contributed by atoms with Crippen molar-refractivity contribution in [3.63, 3.8) is 0 Å². The van der Waals surface area contributed by atoms with Crippen LogP contribution in [0.5, 0.6) is 0 Å². The molecular weight excluding hydrogens is 997 g/mol. The molecule has 17 rings (SSSR count). The Morgan fingerprint density at radius 3 is 1.24 bits per heavy atom. The minimum absolute atomic E-state index is 0.362. The molecule has 0 radical (unpaired) electrons. The van der Waals surface area contributed by atoms with Crippen molar-refractivity contribution in [2.75, 3.05) is 0 Å². The zero-order valence-corrected chi connectivity index (χ0v) is 44.6. The van der Waals surface area contributed by atoms with Gasteiger partial charge < -0.3 is 0 Å². The topological polar surface area (TPSA) is 34.1 Å².